The summed E-state index contributed by atoms with van der Waals surface area (Å²) in [6, 6.07) is 12.3. The molecule has 1 atom stereocenters. The van der Waals surface area contributed by atoms with Crippen molar-refractivity contribution in [2.45, 2.75) is 31.7 Å². The normalized spacial score (nSPS) is 20.2. The summed E-state index contributed by atoms with van der Waals surface area (Å²) in [4.78, 5) is 20.0. The van der Waals surface area contributed by atoms with E-state index in [0.717, 1.165) is 30.7 Å². The molecule has 1 saturated carbocycles. The van der Waals surface area contributed by atoms with Crippen LogP contribution in [-0.2, 0) is 0 Å². The predicted octanol–water partition coefficient (Wildman–Crippen LogP) is 2.70. The fraction of sp³-hybridized carbons (Fsp3) is 0.381. The van der Waals surface area contributed by atoms with Crippen molar-refractivity contribution in [3.63, 3.8) is 0 Å². The summed E-state index contributed by atoms with van der Waals surface area (Å²) in [7, 11) is 0. The second kappa shape index (κ2) is 6.46. The van der Waals surface area contributed by atoms with E-state index >= 15 is 0 Å². The first kappa shape index (κ1) is 16.4. The number of benzene rings is 1. The summed E-state index contributed by atoms with van der Waals surface area (Å²) >= 11 is 0. The van der Waals surface area contributed by atoms with Crippen LogP contribution in [0.25, 0.3) is 5.65 Å². The van der Waals surface area contributed by atoms with Gasteiger partial charge >= 0.3 is 0 Å². The summed E-state index contributed by atoms with van der Waals surface area (Å²) in [6.45, 7) is 4.27. The van der Waals surface area contributed by atoms with E-state index in [1.54, 1.807) is 10.7 Å². The van der Waals surface area contributed by atoms with Crippen LogP contribution in [0.1, 0.15) is 52.1 Å². The zero-order chi connectivity index (χ0) is 18.4. The highest BCUT2D eigenvalue weighted by Gasteiger charge is 2.30. The van der Waals surface area contributed by atoms with E-state index in [9.17, 15) is 4.79 Å². The molecule has 2 aliphatic rings. The topological polar surface area (TPSA) is 62.5 Å². The molecule has 0 spiro atoms. The third kappa shape index (κ3) is 3.00. The molecule has 1 saturated heterocycles. The lowest BCUT2D eigenvalue weighted by Gasteiger charge is -2.34. The van der Waals surface area contributed by atoms with E-state index in [-0.39, 0.29) is 11.9 Å². The number of carbonyl (C=O) groups is 1. The first-order valence-corrected chi connectivity index (χ1v) is 9.63. The van der Waals surface area contributed by atoms with Gasteiger partial charge in [-0.2, -0.15) is 5.10 Å². The SMILES string of the molecule is Cc1ccccc1C1CN(C(=O)c2cc(C3CC3)nc3ccnn23)CCN1. The van der Waals surface area contributed by atoms with Gasteiger partial charge in [-0.3, -0.25) is 4.79 Å². The standard InChI is InChI=1S/C21H23N5O/c1-14-4-2-3-5-16(14)18-13-25(11-10-22-18)21(27)19-12-17(15-6-7-15)24-20-8-9-23-26(19)20/h2-5,8-9,12,15,18,22H,6-7,10-11,13H2,1H3. The van der Waals surface area contributed by atoms with Crippen LogP contribution in [0.15, 0.2) is 42.6 Å². The van der Waals surface area contributed by atoms with Crippen LogP contribution in [0, 0.1) is 6.92 Å². The zero-order valence-corrected chi connectivity index (χ0v) is 15.4. The molecular weight excluding hydrogens is 338 g/mol. The first-order chi connectivity index (χ1) is 13.2. The van der Waals surface area contributed by atoms with Crippen molar-refractivity contribution in [3.8, 4) is 0 Å². The number of aryl methyl sites for hydroxylation is 1. The minimum absolute atomic E-state index is 0.0353. The number of piperazine rings is 1. The van der Waals surface area contributed by atoms with Crippen molar-refractivity contribution >= 4 is 11.6 Å². The van der Waals surface area contributed by atoms with E-state index in [1.165, 1.54) is 11.1 Å². The maximum atomic E-state index is 13.4. The van der Waals surface area contributed by atoms with Crippen molar-refractivity contribution in [3.05, 3.63) is 65.1 Å². The Morgan fingerprint density at radius 3 is 2.89 bits per heavy atom. The van der Waals surface area contributed by atoms with Gasteiger partial charge in [0.2, 0.25) is 0 Å². The predicted molar refractivity (Wildman–Crippen MR) is 103 cm³/mol. The number of amides is 1. The molecule has 1 aliphatic carbocycles. The van der Waals surface area contributed by atoms with E-state index in [0.29, 0.717) is 24.7 Å². The van der Waals surface area contributed by atoms with Gasteiger partial charge in [0.25, 0.3) is 5.91 Å². The van der Waals surface area contributed by atoms with Gasteiger partial charge < -0.3 is 10.2 Å². The number of hydrogen-bond acceptors (Lipinski definition) is 4. The zero-order valence-electron chi connectivity index (χ0n) is 15.4. The number of nitrogens with one attached hydrogen (secondary N) is 1. The van der Waals surface area contributed by atoms with Crippen molar-refractivity contribution in [1.29, 1.82) is 0 Å². The van der Waals surface area contributed by atoms with Crippen LogP contribution < -0.4 is 5.32 Å². The van der Waals surface area contributed by atoms with E-state index < -0.39 is 0 Å². The maximum absolute atomic E-state index is 13.4. The number of hydrogen-bond donors (Lipinski definition) is 1. The molecule has 0 bridgehead atoms. The molecule has 3 heterocycles. The lowest BCUT2D eigenvalue weighted by Crippen LogP contribution is -2.48. The minimum atomic E-state index is 0.0353. The Morgan fingerprint density at radius 1 is 1.22 bits per heavy atom. The number of fused-ring (bicyclic) bond motifs is 1. The van der Waals surface area contributed by atoms with Crippen LogP contribution in [0.4, 0.5) is 0 Å². The molecule has 1 amide bonds. The lowest BCUT2D eigenvalue weighted by atomic mass is 9.99. The van der Waals surface area contributed by atoms with Crippen LogP contribution in [-0.4, -0.2) is 45.0 Å². The fourth-order valence-corrected chi connectivity index (χ4v) is 3.96. The van der Waals surface area contributed by atoms with Gasteiger partial charge in [0.1, 0.15) is 5.69 Å². The first-order valence-electron chi connectivity index (χ1n) is 9.63. The van der Waals surface area contributed by atoms with Gasteiger partial charge in [0.15, 0.2) is 5.65 Å². The van der Waals surface area contributed by atoms with Gasteiger partial charge in [0, 0.05) is 37.3 Å². The van der Waals surface area contributed by atoms with E-state index in [2.05, 4.69) is 46.6 Å². The Bertz CT molecular complexity index is 1010. The Labute approximate surface area is 158 Å². The average molecular weight is 361 g/mol. The molecule has 6 heteroatoms. The highest BCUT2D eigenvalue weighted by molar-refractivity contribution is 5.93. The average Bonchev–Trinajstić information content (AvgIpc) is 3.44. The molecule has 3 aromatic rings. The van der Waals surface area contributed by atoms with Crippen LogP contribution in [0.3, 0.4) is 0 Å². The van der Waals surface area contributed by atoms with Crippen LogP contribution in [0.2, 0.25) is 0 Å². The summed E-state index contributed by atoms with van der Waals surface area (Å²) in [5.41, 5.74) is 4.91. The van der Waals surface area contributed by atoms with Crippen molar-refractivity contribution in [1.82, 2.24) is 24.8 Å². The second-order valence-corrected chi connectivity index (χ2v) is 7.56. The quantitative estimate of drug-likeness (QED) is 0.779. The summed E-state index contributed by atoms with van der Waals surface area (Å²) in [5.74, 6) is 0.535. The minimum Gasteiger partial charge on any atom is -0.334 e. The Balaban J connectivity index is 1.46. The van der Waals surface area contributed by atoms with Crippen LogP contribution in [0.5, 0.6) is 0 Å². The number of rotatable bonds is 3. The fourth-order valence-electron chi connectivity index (χ4n) is 3.96. The summed E-state index contributed by atoms with van der Waals surface area (Å²) in [6.07, 6.45) is 4.03. The molecular formula is C21H23N5O. The monoisotopic (exact) mass is 361 g/mol. The number of carbonyl (C=O) groups excluding carboxylic acids is 1. The molecule has 6 nitrogen and oxygen atoms in total. The molecule has 2 aromatic heterocycles. The van der Waals surface area contributed by atoms with Gasteiger partial charge in [0.05, 0.1) is 12.2 Å². The van der Waals surface area contributed by atoms with Crippen molar-refractivity contribution < 1.29 is 4.79 Å². The largest absolute Gasteiger partial charge is 0.334 e. The highest BCUT2D eigenvalue weighted by Crippen LogP contribution is 2.39. The number of nitrogens with zero attached hydrogens (tertiary/aromatic N) is 4. The lowest BCUT2D eigenvalue weighted by molar-refractivity contribution is 0.0693. The second-order valence-electron chi connectivity index (χ2n) is 7.56. The molecule has 0 radical (unpaired) electrons. The molecule has 27 heavy (non-hydrogen) atoms. The van der Waals surface area contributed by atoms with E-state index in [4.69, 9.17) is 0 Å². The smallest absolute Gasteiger partial charge is 0.272 e. The third-order valence-corrected chi connectivity index (χ3v) is 5.62. The van der Waals surface area contributed by atoms with Gasteiger partial charge in [-0.15, -0.1) is 0 Å². The van der Waals surface area contributed by atoms with Crippen molar-refractivity contribution in [2.75, 3.05) is 19.6 Å². The molecule has 138 valence electrons. The van der Waals surface area contributed by atoms with E-state index in [1.807, 2.05) is 17.0 Å². The third-order valence-electron chi connectivity index (χ3n) is 5.62. The maximum Gasteiger partial charge on any atom is 0.272 e. The summed E-state index contributed by atoms with van der Waals surface area (Å²) in [5, 5.41) is 7.89. The summed E-state index contributed by atoms with van der Waals surface area (Å²) < 4.78 is 1.68. The molecule has 1 N–H and O–H groups in total. The molecule has 1 aromatic carbocycles. The molecule has 1 aliphatic heterocycles. The Morgan fingerprint density at radius 2 is 2.07 bits per heavy atom. The number of aromatic nitrogens is 3. The van der Waals surface area contributed by atoms with Crippen LogP contribution >= 0.6 is 0 Å². The molecule has 1 unspecified atom stereocenters. The molecule has 5 rings (SSSR count). The van der Waals surface area contributed by atoms with Gasteiger partial charge in [-0.05, 0) is 37.0 Å². The highest BCUT2D eigenvalue weighted by atomic mass is 16.2. The van der Waals surface area contributed by atoms with Gasteiger partial charge in [-0.1, -0.05) is 24.3 Å². The van der Waals surface area contributed by atoms with Crippen molar-refractivity contribution in [2.24, 2.45) is 0 Å². The van der Waals surface area contributed by atoms with Gasteiger partial charge in [-0.25, -0.2) is 9.50 Å². The molecule has 2 fully saturated rings. The Hall–Kier alpha value is -2.73. The Kier molecular flexibility index (Phi) is 3.93.